The summed E-state index contributed by atoms with van der Waals surface area (Å²) in [5.41, 5.74) is 3.24. The number of hydrogen-bond donors (Lipinski definition) is 1. The van der Waals surface area contributed by atoms with Crippen LogP contribution in [0.4, 0.5) is 5.69 Å². The Hall–Kier alpha value is -4.05. The topological polar surface area (TPSA) is 101 Å². The van der Waals surface area contributed by atoms with E-state index in [1.54, 1.807) is 33.8 Å². The average Bonchev–Trinajstić information content (AvgIpc) is 3.44. The van der Waals surface area contributed by atoms with E-state index < -0.39 is 0 Å². The van der Waals surface area contributed by atoms with Crippen molar-refractivity contribution in [2.24, 2.45) is 7.05 Å². The van der Waals surface area contributed by atoms with Crippen molar-refractivity contribution in [3.05, 3.63) is 60.7 Å². The first-order valence-electron chi connectivity index (χ1n) is 11.2. The van der Waals surface area contributed by atoms with Crippen LogP contribution in [-0.2, 0) is 18.4 Å². The fraction of sp³-hybridized carbons (Fsp3) is 0.292. The summed E-state index contributed by atoms with van der Waals surface area (Å²) in [5.74, 6) is -0.239. The summed E-state index contributed by atoms with van der Waals surface area (Å²) >= 11 is 0. The van der Waals surface area contributed by atoms with Gasteiger partial charge in [0.1, 0.15) is 12.2 Å². The number of hydrogen-bond acceptors (Lipinski definition) is 6. The van der Waals surface area contributed by atoms with E-state index in [4.69, 9.17) is 0 Å². The van der Waals surface area contributed by atoms with Crippen LogP contribution < -0.4 is 5.32 Å². The van der Waals surface area contributed by atoms with E-state index in [-0.39, 0.29) is 18.4 Å². The highest BCUT2D eigenvalue weighted by Gasteiger charge is 2.19. The molecule has 0 saturated carbocycles. The molecule has 3 aromatic heterocycles. The van der Waals surface area contributed by atoms with Crippen LogP contribution in [0.3, 0.4) is 0 Å². The zero-order valence-electron chi connectivity index (χ0n) is 19.2. The highest BCUT2D eigenvalue weighted by Crippen LogP contribution is 2.20. The Kier molecular flexibility index (Phi) is 5.81. The molecule has 1 N–H and O–H groups in total. The smallest absolute Gasteiger partial charge is 0.274 e. The zero-order chi connectivity index (χ0) is 23.7. The van der Waals surface area contributed by atoms with Gasteiger partial charge in [-0.05, 0) is 37.4 Å². The van der Waals surface area contributed by atoms with Crippen molar-refractivity contribution in [1.29, 1.82) is 0 Å². The number of piperazine rings is 1. The van der Waals surface area contributed by atoms with E-state index in [0.717, 1.165) is 42.6 Å². The Balaban J connectivity index is 1.27. The molecule has 0 radical (unpaired) electrons. The minimum Gasteiger partial charge on any atom is -0.339 e. The maximum Gasteiger partial charge on any atom is 0.274 e. The molecule has 1 fully saturated rings. The largest absolute Gasteiger partial charge is 0.339 e. The molecule has 1 saturated heterocycles. The fourth-order valence-electron chi connectivity index (χ4n) is 4.00. The second kappa shape index (κ2) is 9.06. The van der Waals surface area contributed by atoms with Gasteiger partial charge in [-0.2, -0.15) is 10.2 Å². The van der Waals surface area contributed by atoms with Crippen LogP contribution in [0.25, 0.3) is 22.2 Å². The summed E-state index contributed by atoms with van der Waals surface area (Å²) < 4.78 is 3.35. The van der Waals surface area contributed by atoms with E-state index in [1.807, 2.05) is 42.5 Å². The van der Waals surface area contributed by atoms with Crippen LogP contribution in [-0.4, -0.2) is 79.4 Å². The molecule has 34 heavy (non-hydrogen) atoms. The van der Waals surface area contributed by atoms with Crippen LogP contribution in [0.5, 0.6) is 0 Å². The number of nitrogens with one attached hydrogen (secondary N) is 1. The van der Waals surface area contributed by atoms with Crippen LogP contribution in [0.15, 0.2) is 55.0 Å². The first-order chi connectivity index (χ1) is 16.4. The molecule has 0 unspecified atom stereocenters. The van der Waals surface area contributed by atoms with Gasteiger partial charge < -0.3 is 15.1 Å². The molecular weight excluding hydrogens is 432 g/mol. The van der Waals surface area contributed by atoms with Gasteiger partial charge in [0.2, 0.25) is 5.91 Å². The third kappa shape index (κ3) is 4.67. The molecular formula is C24H26N8O2. The standard InChI is InChI=1S/C24H26N8O2/c1-29-8-10-31(11-9-29)23(33)16-32-15-17-12-19(6-7-21(17)28-32)26-24(34)22-5-3-4-20(27-22)18-13-25-30(2)14-18/h3-7,12-15H,8-11,16H2,1-2H3,(H,26,34). The van der Waals surface area contributed by atoms with Gasteiger partial charge in [0.05, 0.1) is 17.4 Å². The van der Waals surface area contributed by atoms with Gasteiger partial charge in [0.25, 0.3) is 5.91 Å². The molecule has 4 aromatic rings. The van der Waals surface area contributed by atoms with E-state index >= 15 is 0 Å². The third-order valence-electron chi connectivity index (χ3n) is 5.95. The van der Waals surface area contributed by atoms with E-state index in [0.29, 0.717) is 17.1 Å². The first-order valence-corrected chi connectivity index (χ1v) is 11.2. The maximum atomic E-state index is 12.8. The molecule has 1 aromatic carbocycles. The van der Waals surface area contributed by atoms with Crippen molar-refractivity contribution in [3.8, 4) is 11.3 Å². The molecule has 5 rings (SSSR count). The van der Waals surface area contributed by atoms with Crippen LogP contribution in [0.2, 0.25) is 0 Å². The van der Waals surface area contributed by atoms with Gasteiger partial charge in [0.15, 0.2) is 0 Å². The molecule has 0 bridgehead atoms. The van der Waals surface area contributed by atoms with Crippen molar-refractivity contribution in [2.45, 2.75) is 6.54 Å². The third-order valence-corrected chi connectivity index (χ3v) is 5.95. The fourth-order valence-corrected chi connectivity index (χ4v) is 4.00. The minimum atomic E-state index is -0.303. The van der Waals surface area contributed by atoms with Gasteiger partial charge in [0, 0.05) is 62.3 Å². The normalized spacial score (nSPS) is 14.5. The second-order valence-electron chi connectivity index (χ2n) is 8.55. The number of anilines is 1. The number of pyridine rings is 1. The maximum absolute atomic E-state index is 12.8. The monoisotopic (exact) mass is 458 g/mol. The molecule has 174 valence electrons. The van der Waals surface area contributed by atoms with Gasteiger partial charge in [-0.25, -0.2) is 4.98 Å². The zero-order valence-corrected chi connectivity index (χ0v) is 19.2. The lowest BCUT2D eigenvalue weighted by molar-refractivity contribution is -0.133. The quantitative estimate of drug-likeness (QED) is 0.490. The van der Waals surface area contributed by atoms with Gasteiger partial charge in [-0.15, -0.1) is 0 Å². The Labute approximate surface area is 196 Å². The Morgan fingerprint density at radius 2 is 1.85 bits per heavy atom. The molecule has 1 aliphatic heterocycles. The number of amides is 2. The van der Waals surface area contributed by atoms with Crippen LogP contribution in [0.1, 0.15) is 10.5 Å². The van der Waals surface area contributed by atoms with Gasteiger partial charge in [-0.1, -0.05) is 6.07 Å². The summed E-state index contributed by atoms with van der Waals surface area (Å²) in [4.78, 5) is 34.0. The minimum absolute atomic E-state index is 0.0639. The molecule has 1 aliphatic rings. The summed E-state index contributed by atoms with van der Waals surface area (Å²) in [6.07, 6.45) is 5.40. The number of aromatic nitrogens is 5. The summed E-state index contributed by atoms with van der Waals surface area (Å²) in [5, 5.41) is 12.4. The first kappa shape index (κ1) is 21.8. The molecule has 2 amide bonds. The van der Waals surface area contributed by atoms with Crippen molar-refractivity contribution in [2.75, 3.05) is 38.5 Å². The molecule has 4 heterocycles. The highest BCUT2D eigenvalue weighted by atomic mass is 16.2. The molecule has 0 spiro atoms. The summed E-state index contributed by atoms with van der Waals surface area (Å²) in [6.45, 7) is 3.45. The second-order valence-corrected chi connectivity index (χ2v) is 8.55. The number of benzene rings is 1. The number of aryl methyl sites for hydroxylation is 1. The molecule has 0 atom stereocenters. The van der Waals surface area contributed by atoms with E-state index in [1.165, 1.54) is 0 Å². The van der Waals surface area contributed by atoms with Crippen molar-refractivity contribution < 1.29 is 9.59 Å². The lowest BCUT2D eigenvalue weighted by Gasteiger charge is -2.32. The lowest BCUT2D eigenvalue weighted by Crippen LogP contribution is -2.48. The number of fused-ring (bicyclic) bond motifs is 1. The Morgan fingerprint density at radius 1 is 1.03 bits per heavy atom. The van der Waals surface area contributed by atoms with Crippen LogP contribution in [0, 0.1) is 0 Å². The van der Waals surface area contributed by atoms with Crippen molar-refractivity contribution in [1.82, 2.24) is 34.3 Å². The van der Waals surface area contributed by atoms with E-state index in [2.05, 4.69) is 32.4 Å². The average molecular weight is 459 g/mol. The van der Waals surface area contributed by atoms with Gasteiger partial charge >= 0.3 is 0 Å². The number of carbonyl (C=O) groups is 2. The Bertz CT molecular complexity index is 1350. The van der Waals surface area contributed by atoms with Crippen LogP contribution >= 0.6 is 0 Å². The van der Waals surface area contributed by atoms with E-state index in [9.17, 15) is 9.59 Å². The lowest BCUT2D eigenvalue weighted by atomic mass is 10.2. The highest BCUT2D eigenvalue weighted by molar-refractivity contribution is 6.04. The number of nitrogens with zero attached hydrogens (tertiary/aromatic N) is 7. The number of carbonyl (C=O) groups excluding carboxylic acids is 2. The molecule has 10 nitrogen and oxygen atoms in total. The summed E-state index contributed by atoms with van der Waals surface area (Å²) in [7, 11) is 3.90. The summed E-state index contributed by atoms with van der Waals surface area (Å²) in [6, 6.07) is 10.8. The number of rotatable bonds is 5. The van der Waals surface area contributed by atoms with Gasteiger partial charge in [-0.3, -0.25) is 19.0 Å². The Morgan fingerprint density at radius 3 is 2.62 bits per heavy atom. The predicted molar refractivity (Wildman–Crippen MR) is 128 cm³/mol. The van der Waals surface area contributed by atoms with Crippen molar-refractivity contribution >= 4 is 28.4 Å². The predicted octanol–water partition coefficient (Wildman–Crippen LogP) is 1.86. The molecule has 10 heteroatoms. The number of likely N-dealkylation sites (N-methyl/N-ethyl adjacent to an activating group) is 1. The van der Waals surface area contributed by atoms with Crippen molar-refractivity contribution in [3.63, 3.8) is 0 Å². The SMILES string of the molecule is CN1CCN(C(=O)Cn2cc3cc(NC(=O)c4cccc(-c5cnn(C)c5)n4)ccc3n2)CC1. The molecule has 0 aliphatic carbocycles.